The largest absolute Gasteiger partial charge is 0.493 e. The van der Waals surface area contributed by atoms with Gasteiger partial charge in [0.25, 0.3) is 5.91 Å². The van der Waals surface area contributed by atoms with Crippen LogP contribution in [0.15, 0.2) is 41.0 Å². The molecule has 0 bridgehead atoms. The van der Waals surface area contributed by atoms with E-state index >= 15 is 0 Å². The average Bonchev–Trinajstić information content (AvgIpc) is 3.11. The molecule has 2 aromatic rings. The Hall–Kier alpha value is -2.28. The van der Waals surface area contributed by atoms with E-state index in [0.29, 0.717) is 36.0 Å². The van der Waals surface area contributed by atoms with Gasteiger partial charge in [-0.15, -0.1) is 0 Å². The van der Waals surface area contributed by atoms with E-state index in [2.05, 4.69) is 20.9 Å². The number of amides is 1. The minimum Gasteiger partial charge on any atom is -0.493 e. The molecule has 1 amide bonds. The molecule has 1 aliphatic rings. The average molecular weight is 407 g/mol. The predicted octanol–water partition coefficient (Wildman–Crippen LogP) is 3.15. The predicted molar refractivity (Wildman–Crippen MR) is 96.4 cm³/mol. The molecule has 0 spiro atoms. The smallest absolute Gasteiger partial charge is 0.254 e. The van der Waals surface area contributed by atoms with Crippen molar-refractivity contribution in [1.29, 1.82) is 0 Å². The summed E-state index contributed by atoms with van der Waals surface area (Å²) < 4.78 is 17.2. The minimum absolute atomic E-state index is 0.0489. The molecular weight excluding hydrogens is 388 g/mol. The van der Waals surface area contributed by atoms with Crippen molar-refractivity contribution < 1.29 is 19.0 Å². The number of nitrogens with zero attached hydrogens (tertiary/aromatic N) is 2. The first-order chi connectivity index (χ1) is 12.1. The number of aromatic nitrogens is 1. The Morgan fingerprint density at radius 1 is 1.24 bits per heavy atom. The number of hydrogen-bond donors (Lipinski definition) is 0. The van der Waals surface area contributed by atoms with Crippen molar-refractivity contribution in [3.05, 3.63) is 46.6 Å². The minimum atomic E-state index is -0.0738. The van der Waals surface area contributed by atoms with Gasteiger partial charge in [-0.25, -0.2) is 4.98 Å². The number of pyridine rings is 1. The van der Waals surface area contributed by atoms with E-state index in [9.17, 15) is 4.79 Å². The number of carbonyl (C=O) groups is 1. The van der Waals surface area contributed by atoms with Gasteiger partial charge in [0.2, 0.25) is 5.88 Å². The van der Waals surface area contributed by atoms with Crippen molar-refractivity contribution in [3.63, 3.8) is 0 Å². The van der Waals surface area contributed by atoms with Gasteiger partial charge in [-0.05, 0) is 46.3 Å². The molecule has 7 heteroatoms. The third-order valence-electron chi connectivity index (χ3n) is 4.07. The van der Waals surface area contributed by atoms with E-state index in [0.717, 1.165) is 10.9 Å². The Morgan fingerprint density at radius 3 is 2.76 bits per heavy atom. The molecule has 1 aromatic heterocycles. The molecule has 1 aliphatic heterocycles. The van der Waals surface area contributed by atoms with Crippen molar-refractivity contribution >= 4 is 21.8 Å². The summed E-state index contributed by atoms with van der Waals surface area (Å²) in [6, 6.07) is 8.89. The van der Waals surface area contributed by atoms with Crippen LogP contribution in [-0.2, 0) is 0 Å². The van der Waals surface area contributed by atoms with Crippen LogP contribution in [0.25, 0.3) is 0 Å². The normalized spacial score (nSPS) is 16.6. The molecule has 0 radical (unpaired) electrons. The number of methoxy groups -OCH3 is 2. The number of likely N-dealkylation sites (tertiary alicyclic amines) is 1. The highest BCUT2D eigenvalue weighted by Gasteiger charge is 2.29. The highest BCUT2D eigenvalue weighted by Crippen LogP contribution is 2.29. The molecule has 6 nitrogen and oxygen atoms in total. The van der Waals surface area contributed by atoms with E-state index in [4.69, 9.17) is 14.2 Å². The second-order valence-electron chi connectivity index (χ2n) is 5.64. The first-order valence-electron chi connectivity index (χ1n) is 7.91. The summed E-state index contributed by atoms with van der Waals surface area (Å²) in [5.74, 6) is 1.64. The summed E-state index contributed by atoms with van der Waals surface area (Å²) in [4.78, 5) is 18.7. The molecule has 1 atom stereocenters. The van der Waals surface area contributed by atoms with E-state index in [1.165, 1.54) is 0 Å². The lowest BCUT2D eigenvalue weighted by molar-refractivity contribution is 0.0770. The van der Waals surface area contributed by atoms with Crippen LogP contribution in [0.3, 0.4) is 0 Å². The van der Waals surface area contributed by atoms with Gasteiger partial charge in [-0.3, -0.25) is 4.79 Å². The fourth-order valence-corrected chi connectivity index (χ4v) is 3.12. The third-order valence-corrected chi connectivity index (χ3v) is 4.67. The van der Waals surface area contributed by atoms with Crippen molar-refractivity contribution in [1.82, 2.24) is 9.88 Å². The van der Waals surface area contributed by atoms with Crippen LogP contribution < -0.4 is 14.2 Å². The van der Waals surface area contributed by atoms with E-state index in [1.54, 1.807) is 43.5 Å². The van der Waals surface area contributed by atoms with Gasteiger partial charge in [0.15, 0.2) is 11.5 Å². The molecule has 1 unspecified atom stereocenters. The maximum Gasteiger partial charge on any atom is 0.254 e. The van der Waals surface area contributed by atoms with E-state index in [-0.39, 0.29) is 12.0 Å². The number of rotatable bonds is 5. The van der Waals surface area contributed by atoms with Crippen LogP contribution in [0.1, 0.15) is 16.8 Å². The summed E-state index contributed by atoms with van der Waals surface area (Å²) in [5, 5.41) is 0. The standard InChI is InChI=1S/C18H19BrN2O4/c1-23-15-6-5-12(10-16(15)24-2)18(22)21-9-7-13(11-21)25-17-14(19)4-3-8-20-17/h3-6,8,10,13H,7,9,11H2,1-2H3. The van der Waals surface area contributed by atoms with Crippen LogP contribution >= 0.6 is 15.9 Å². The highest BCUT2D eigenvalue weighted by molar-refractivity contribution is 9.10. The molecule has 0 aliphatic carbocycles. The number of hydrogen-bond acceptors (Lipinski definition) is 5. The fraction of sp³-hybridized carbons (Fsp3) is 0.333. The Labute approximate surface area is 154 Å². The number of carbonyl (C=O) groups excluding carboxylic acids is 1. The SMILES string of the molecule is COc1ccc(C(=O)N2CCC(Oc3ncccc3Br)C2)cc1OC. The molecule has 0 saturated carbocycles. The third kappa shape index (κ3) is 3.87. The van der Waals surface area contributed by atoms with Crippen LogP contribution in [-0.4, -0.2) is 49.2 Å². The molecule has 2 heterocycles. The van der Waals surface area contributed by atoms with Crippen LogP contribution in [0.2, 0.25) is 0 Å². The van der Waals surface area contributed by atoms with Crippen LogP contribution in [0.4, 0.5) is 0 Å². The first-order valence-corrected chi connectivity index (χ1v) is 8.70. The van der Waals surface area contributed by atoms with Gasteiger partial charge in [0, 0.05) is 24.7 Å². The summed E-state index contributed by atoms with van der Waals surface area (Å²) in [5.41, 5.74) is 0.567. The van der Waals surface area contributed by atoms with Crippen molar-refractivity contribution in [2.45, 2.75) is 12.5 Å². The second-order valence-corrected chi connectivity index (χ2v) is 6.49. The van der Waals surface area contributed by atoms with Gasteiger partial charge >= 0.3 is 0 Å². The van der Waals surface area contributed by atoms with Gasteiger partial charge < -0.3 is 19.1 Å². The highest BCUT2D eigenvalue weighted by atomic mass is 79.9. The van der Waals surface area contributed by atoms with E-state index < -0.39 is 0 Å². The lowest BCUT2D eigenvalue weighted by Crippen LogP contribution is -2.31. The number of halogens is 1. The molecule has 3 rings (SSSR count). The molecule has 1 aromatic carbocycles. The summed E-state index contributed by atoms with van der Waals surface area (Å²) in [7, 11) is 3.12. The first kappa shape index (κ1) is 17.5. The lowest BCUT2D eigenvalue weighted by Gasteiger charge is -2.18. The van der Waals surface area contributed by atoms with Gasteiger partial charge in [-0.2, -0.15) is 0 Å². The quantitative estimate of drug-likeness (QED) is 0.762. The Bertz CT molecular complexity index is 768. The molecule has 0 N–H and O–H groups in total. The lowest BCUT2D eigenvalue weighted by atomic mass is 10.1. The maximum atomic E-state index is 12.7. The molecular formula is C18H19BrN2O4. The summed E-state index contributed by atoms with van der Waals surface area (Å²) in [6.45, 7) is 1.17. The van der Waals surface area contributed by atoms with Gasteiger partial charge in [-0.1, -0.05) is 0 Å². The molecule has 132 valence electrons. The number of ether oxygens (including phenoxy) is 3. The Kier molecular flexibility index (Phi) is 5.43. The summed E-state index contributed by atoms with van der Waals surface area (Å²) in [6.07, 6.45) is 2.37. The topological polar surface area (TPSA) is 60.9 Å². The molecule has 1 saturated heterocycles. The Morgan fingerprint density at radius 2 is 2.04 bits per heavy atom. The van der Waals surface area contributed by atoms with Gasteiger partial charge in [0.1, 0.15) is 6.10 Å². The van der Waals surface area contributed by atoms with Crippen molar-refractivity contribution in [3.8, 4) is 17.4 Å². The number of benzene rings is 1. The fourth-order valence-electron chi connectivity index (χ4n) is 2.78. The van der Waals surface area contributed by atoms with Crippen molar-refractivity contribution in [2.75, 3.05) is 27.3 Å². The zero-order valence-corrected chi connectivity index (χ0v) is 15.7. The molecule has 25 heavy (non-hydrogen) atoms. The molecule has 1 fully saturated rings. The zero-order chi connectivity index (χ0) is 17.8. The monoisotopic (exact) mass is 406 g/mol. The van der Waals surface area contributed by atoms with Crippen molar-refractivity contribution in [2.24, 2.45) is 0 Å². The van der Waals surface area contributed by atoms with E-state index in [1.807, 2.05) is 12.1 Å². The summed E-state index contributed by atoms with van der Waals surface area (Å²) >= 11 is 3.42. The second kappa shape index (κ2) is 7.74. The van der Waals surface area contributed by atoms with Gasteiger partial charge in [0.05, 0.1) is 25.2 Å². The maximum absolute atomic E-state index is 12.7. The Balaban J connectivity index is 1.67. The zero-order valence-electron chi connectivity index (χ0n) is 14.1. The van der Waals surface area contributed by atoms with Crippen LogP contribution in [0.5, 0.6) is 17.4 Å². The van der Waals surface area contributed by atoms with Crippen LogP contribution in [0, 0.1) is 0 Å².